The molecule has 7 heteroatoms. The van der Waals surface area contributed by atoms with E-state index in [-0.39, 0.29) is 17.0 Å². The lowest BCUT2D eigenvalue weighted by molar-refractivity contribution is 0.243. The third-order valence-electron chi connectivity index (χ3n) is 3.50. The van der Waals surface area contributed by atoms with Crippen molar-refractivity contribution < 1.29 is 13.2 Å². The highest BCUT2D eigenvalue weighted by atomic mass is 79.9. The summed E-state index contributed by atoms with van der Waals surface area (Å²) in [6.07, 6.45) is 0. The molecule has 0 aromatic heterocycles. The molecule has 5 nitrogen and oxygen atoms in total. The van der Waals surface area contributed by atoms with Crippen LogP contribution >= 0.6 is 15.9 Å². The van der Waals surface area contributed by atoms with Gasteiger partial charge in [-0.2, -0.15) is 4.31 Å². The van der Waals surface area contributed by atoms with Crippen molar-refractivity contribution in [3.8, 4) is 5.75 Å². The van der Waals surface area contributed by atoms with E-state index in [4.69, 9.17) is 4.74 Å². The van der Waals surface area contributed by atoms with Crippen molar-refractivity contribution in [3.63, 3.8) is 0 Å². The molecule has 1 aromatic rings. The van der Waals surface area contributed by atoms with Crippen LogP contribution in [0, 0.1) is 0 Å². The van der Waals surface area contributed by atoms with E-state index in [1.165, 1.54) is 0 Å². The van der Waals surface area contributed by atoms with E-state index in [2.05, 4.69) is 21.2 Å². The summed E-state index contributed by atoms with van der Waals surface area (Å²) in [7, 11) is -3.58. The first kappa shape index (κ1) is 16.7. The molecular formula is C14H21BrN2O3S. The van der Waals surface area contributed by atoms with Crippen LogP contribution in [0.4, 0.5) is 0 Å². The van der Waals surface area contributed by atoms with Crippen LogP contribution in [0.5, 0.6) is 5.75 Å². The first-order valence-corrected chi connectivity index (χ1v) is 9.27. The van der Waals surface area contributed by atoms with Gasteiger partial charge in [0.15, 0.2) is 0 Å². The summed E-state index contributed by atoms with van der Waals surface area (Å²) >= 11 is 3.34. The average Bonchev–Trinajstić information content (AvgIpc) is 2.43. The minimum atomic E-state index is -3.58. The van der Waals surface area contributed by atoms with Gasteiger partial charge in [0.1, 0.15) is 10.6 Å². The van der Waals surface area contributed by atoms with E-state index < -0.39 is 10.0 Å². The molecular weight excluding hydrogens is 356 g/mol. The maximum absolute atomic E-state index is 13.0. The maximum Gasteiger partial charge on any atom is 0.247 e. The van der Waals surface area contributed by atoms with Crippen LogP contribution in [0.25, 0.3) is 0 Å². The molecule has 1 saturated heterocycles. The molecule has 0 spiro atoms. The van der Waals surface area contributed by atoms with Gasteiger partial charge in [-0.05, 0) is 39.0 Å². The van der Waals surface area contributed by atoms with Gasteiger partial charge in [-0.3, -0.25) is 0 Å². The Hall–Kier alpha value is -0.630. The molecule has 2 unspecified atom stereocenters. The predicted molar refractivity (Wildman–Crippen MR) is 86.1 cm³/mol. The Labute approximate surface area is 134 Å². The predicted octanol–water partition coefficient (Wildman–Crippen LogP) is 2.22. The van der Waals surface area contributed by atoms with Crippen LogP contribution in [0.1, 0.15) is 20.8 Å². The number of rotatable bonds is 4. The molecule has 2 rings (SSSR count). The second-order valence-electron chi connectivity index (χ2n) is 5.26. The Morgan fingerprint density at radius 1 is 1.43 bits per heavy atom. The average molecular weight is 377 g/mol. The third kappa shape index (κ3) is 3.59. The monoisotopic (exact) mass is 376 g/mol. The van der Waals surface area contributed by atoms with Crippen LogP contribution in [0.2, 0.25) is 0 Å². The van der Waals surface area contributed by atoms with E-state index in [0.29, 0.717) is 25.4 Å². The minimum Gasteiger partial charge on any atom is -0.492 e. The maximum atomic E-state index is 13.0. The SMILES string of the molecule is CCOc1ccc(Br)cc1S(=O)(=O)N1CC(C)NCC1C. The fourth-order valence-electron chi connectivity index (χ4n) is 2.41. The van der Waals surface area contributed by atoms with E-state index in [0.717, 1.165) is 4.47 Å². The van der Waals surface area contributed by atoms with Gasteiger partial charge in [-0.25, -0.2) is 8.42 Å². The second kappa shape index (κ2) is 6.64. The number of ether oxygens (including phenoxy) is 1. The zero-order valence-electron chi connectivity index (χ0n) is 12.5. The van der Waals surface area contributed by atoms with E-state index in [9.17, 15) is 8.42 Å². The van der Waals surface area contributed by atoms with Gasteiger partial charge in [0.05, 0.1) is 6.61 Å². The Balaban J connectivity index is 2.45. The number of hydrogen-bond acceptors (Lipinski definition) is 4. The van der Waals surface area contributed by atoms with Crippen LogP contribution in [-0.2, 0) is 10.0 Å². The Bertz CT molecular complexity index is 606. The van der Waals surface area contributed by atoms with Crippen molar-refractivity contribution in [2.75, 3.05) is 19.7 Å². The van der Waals surface area contributed by atoms with Crippen LogP contribution in [0.3, 0.4) is 0 Å². The van der Waals surface area contributed by atoms with Gasteiger partial charge in [-0.15, -0.1) is 0 Å². The first-order chi connectivity index (χ1) is 9.86. The molecule has 0 amide bonds. The third-order valence-corrected chi connectivity index (χ3v) is 5.99. The molecule has 1 aliphatic heterocycles. The fraction of sp³-hybridized carbons (Fsp3) is 0.571. The van der Waals surface area contributed by atoms with Crippen molar-refractivity contribution >= 4 is 26.0 Å². The van der Waals surface area contributed by atoms with Gasteiger partial charge >= 0.3 is 0 Å². The summed E-state index contributed by atoms with van der Waals surface area (Å²) in [5, 5.41) is 3.29. The summed E-state index contributed by atoms with van der Waals surface area (Å²) < 4.78 is 33.7. The molecule has 118 valence electrons. The minimum absolute atomic E-state index is 0.0836. The summed E-state index contributed by atoms with van der Waals surface area (Å²) in [4.78, 5) is 0.222. The van der Waals surface area contributed by atoms with Gasteiger partial charge < -0.3 is 10.1 Å². The Morgan fingerprint density at radius 2 is 2.14 bits per heavy atom. The molecule has 21 heavy (non-hydrogen) atoms. The molecule has 1 aromatic carbocycles. The van der Waals surface area contributed by atoms with Crippen molar-refractivity contribution in [1.82, 2.24) is 9.62 Å². The topological polar surface area (TPSA) is 58.6 Å². The number of nitrogens with one attached hydrogen (secondary N) is 1. The number of sulfonamides is 1. The summed E-state index contributed by atoms with van der Waals surface area (Å²) in [5.74, 6) is 0.402. The summed E-state index contributed by atoms with van der Waals surface area (Å²) in [6, 6.07) is 5.14. The second-order valence-corrected chi connectivity index (χ2v) is 8.03. The lowest BCUT2D eigenvalue weighted by Crippen LogP contribution is -2.56. The molecule has 0 saturated carbocycles. The fourth-order valence-corrected chi connectivity index (χ4v) is 4.80. The molecule has 0 bridgehead atoms. The van der Waals surface area contributed by atoms with Crippen molar-refractivity contribution in [3.05, 3.63) is 22.7 Å². The normalized spacial score (nSPS) is 24.0. The van der Waals surface area contributed by atoms with Gasteiger partial charge in [0, 0.05) is 29.6 Å². The molecule has 2 atom stereocenters. The first-order valence-electron chi connectivity index (χ1n) is 7.03. The lowest BCUT2D eigenvalue weighted by atomic mass is 10.2. The van der Waals surface area contributed by atoms with Crippen molar-refractivity contribution in [2.24, 2.45) is 0 Å². The van der Waals surface area contributed by atoms with E-state index in [1.807, 2.05) is 20.8 Å². The standard InChI is InChI=1S/C14H21BrN2O3S/c1-4-20-13-6-5-12(15)7-14(13)21(18,19)17-9-10(2)16-8-11(17)3/h5-7,10-11,16H,4,8-9H2,1-3H3. The number of piperazine rings is 1. The highest BCUT2D eigenvalue weighted by Crippen LogP contribution is 2.31. The highest BCUT2D eigenvalue weighted by Gasteiger charge is 2.35. The van der Waals surface area contributed by atoms with E-state index >= 15 is 0 Å². The molecule has 1 N–H and O–H groups in total. The van der Waals surface area contributed by atoms with E-state index in [1.54, 1.807) is 22.5 Å². The number of nitrogens with zero attached hydrogens (tertiary/aromatic N) is 1. The zero-order chi connectivity index (χ0) is 15.6. The van der Waals surface area contributed by atoms with Crippen LogP contribution in [-0.4, -0.2) is 44.5 Å². The number of halogens is 1. The quantitative estimate of drug-likeness (QED) is 0.874. The zero-order valence-corrected chi connectivity index (χ0v) is 14.9. The van der Waals surface area contributed by atoms with Crippen LogP contribution < -0.4 is 10.1 Å². The summed E-state index contributed by atoms with van der Waals surface area (Å²) in [6.45, 7) is 7.28. The Kier molecular flexibility index (Phi) is 5.29. The van der Waals surface area contributed by atoms with Gasteiger partial charge in [-0.1, -0.05) is 15.9 Å². The molecule has 0 radical (unpaired) electrons. The summed E-state index contributed by atoms with van der Waals surface area (Å²) in [5.41, 5.74) is 0. The lowest BCUT2D eigenvalue weighted by Gasteiger charge is -2.36. The number of hydrogen-bond donors (Lipinski definition) is 1. The molecule has 1 heterocycles. The van der Waals surface area contributed by atoms with Gasteiger partial charge in [0.2, 0.25) is 10.0 Å². The van der Waals surface area contributed by atoms with Crippen molar-refractivity contribution in [1.29, 1.82) is 0 Å². The van der Waals surface area contributed by atoms with Crippen LogP contribution in [0.15, 0.2) is 27.6 Å². The molecule has 0 aliphatic carbocycles. The Morgan fingerprint density at radius 3 is 2.81 bits per heavy atom. The largest absolute Gasteiger partial charge is 0.492 e. The number of benzene rings is 1. The molecule has 1 fully saturated rings. The molecule has 1 aliphatic rings. The van der Waals surface area contributed by atoms with Crippen molar-refractivity contribution in [2.45, 2.75) is 37.8 Å². The smallest absolute Gasteiger partial charge is 0.247 e. The van der Waals surface area contributed by atoms with Gasteiger partial charge in [0.25, 0.3) is 0 Å². The highest BCUT2D eigenvalue weighted by molar-refractivity contribution is 9.10.